The van der Waals surface area contributed by atoms with Crippen LogP contribution in [0.4, 0.5) is 0 Å². The zero-order valence-electron chi connectivity index (χ0n) is 7.76. The summed E-state index contributed by atoms with van der Waals surface area (Å²) in [7, 11) is 0. The summed E-state index contributed by atoms with van der Waals surface area (Å²) < 4.78 is 1.05. The molecule has 0 aliphatic carbocycles. The van der Waals surface area contributed by atoms with Crippen LogP contribution in [0.2, 0.25) is 5.15 Å². The van der Waals surface area contributed by atoms with Gasteiger partial charge in [0.1, 0.15) is 5.15 Å². The molecule has 0 spiro atoms. The third-order valence-corrected chi connectivity index (χ3v) is 3.45. The lowest BCUT2D eigenvalue weighted by Gasteiger charge is -2.11. The zero-order valence-corrected chi connectivity index (χ0v) is 10.1. The van der Waals surface area contributed by atoms with Crippen molar-refractivity contribution < 1.29 is 0 Å². The van der Waals surface area contributed by atoms with Gasteiger partial charge in [0, 0.05) is 16.7 Å². The maximum Gasteiger partial charge on any atom is 0.129 e. The topological polar surface area (TPSA) is 24.9 Å². The van der Waals surface area contributed by atoms with Crippen molar-refractivity contribution in [2.24, 2.45) is 0 Å². The van der Waals surface area contributed by atoms with E-state index < -0.39 is 0 Å². The molecule has 2 nitrogen and oxygen atoms in total. The maximum absolute atomic E-state index is 5.85. The lowest BCUT2D eigenvalue weighted by Crippen LogP contribution is -2.23. The summed E-state index contributed by atoms with van der Waals surface area (Å²) in [6.45, 7) is 1.14. The van der Waals surface area contributed by atoms with Gasteiger partial charge in [-0.25, -0.2) is 4.98 Å². The fraction of sp³-hybridized carbons (Fsp3) is 0.500. The molecule has 1 fully saturated rings. The number of aromatic nitrogens is 1. The van der Waals surface area contributed by atoms with Crippen LogP contribution in [0.1, 0.15) is 18.4 Å². The Bertz CT molecular complexity index is 324. The molecule has 1 saturated heterocycles. The molecule has 1 N–H and O–H groups in total. The third kappa shape index (κ3) is 2.47. The summed E-state index contributed by atoms with van der Waals surface area (Å²) in [5, 5.41) is 4.04. The van der Waals surface area contributed by atoms with Crippen molar-refractivity contribution in [3.8, 4) is 0 Å². The first-order valence-electron chi connectivity index (χ1n) is 4.79. The fourth-order valence-corrected chi connectivity index (χ4v) is 2.36. The number of pyridine rings is 1. The van der Waals surface area contributed by atoms with E-state index in [4.69, 9.17) is 11.6 Å². The van der Waals surface area contributed by atoms with Gasteiger partial charge in [-0.15, -0.1) is 0 Å². The van der Waals surface area contributed by atoms with Crippen molar-refractivity contribution in [2.45, 2.75) is 25.3 Å². The van der Waals surface area contributed by atoms with Crippen molar-refractivity contribution in [3.63, 3.8) is 0 Å². The molecule has 1 aromatic heterocycles. The van der Waals surface area contributed by atoms with Crippen LogP contribution in [0.3, 0.4) is 0 Å². The van der Waals surface area contributed by atoms with Crippen LogP contribution in [0.5, 0.6) is 0 Å². The number of hydrogen-bond donors (Lipinski definition) is 1. The van der Waals surface area contributed by atoms with Crippen molar-refractivity contribution in [1.29, 1.82) is 0 Å². The summed E-state index contributed by atoms with van der Waals surface area (Å²) in [4.78, 5) is 4.01. The molecule has 1 atom stereocenters. The smallest absolute Gasteiger partial charge is 0.129 e. The minimum Gasteiger partial charge on any atom is -0.314 e. The van der Waals surface area contributed by atoms with E-state index in [0.29, 0.717) is 11.2 Å². The number of nitrogens with zero attached hydrogens (tertiary/aromatic N) is 1. The maximum atomic E-state index is 5.85. The van der Waals surface area contributed by atoms with Gasteiger partial charge in [0.25, 0.3) is 0 Å². The molecule has 76 valence electrons. The van der Waals surface area contributed by atoms with Crippen LogP contribution in [0, 0.1) is 0 Å². The van der Waals surface area contributed by atoms with Crippen LogP contribution in [0.15, 0.2) is 16.7 Å². The Hall–Kier alpha value is -0.120. The van der Waals surface area contributed by atoms with E-state index in [2.05, 4.69) is 26.2 Å². The quantitative estimate of drug-likeness (QED) is 0.840. The van der Waals surface area contributed by atoms with Crippen molar-refractivity contribution in [1.82, 2.24) is 10.3 Å². The van der Waals surface area contributed by atoms with E-state index in [1.807, 2.05) is 6.07 Å². The monoisotopic (exact) mass is 274 g/mol. The van der Waals surface area contributed by atoms with E-state index in [-0.39, 0.29) is 0 Å². The summed E-state index contributed by atoms with van der Waals surface area (Å²) in [6.07, 6.45) is 5.34. The van der Waals surface area contributed by atoms with E-state index in [1.165, 1.54) is 18.4 Å². The molecule has 4 heteroatoms. The Kier molecular flexibility index (Phi) is 3.42. The van der Waals surface area contributed by atoms with Crippen molar-refractivity contribution in [2.75, 3.05) is 6.54 Å². The summed E-state index contributed by atoms with van der Waals surface area (Å²) in [6, 6.07) is 2.54. The fourth-order valence-electron chi connectivity index (χ4n) is 1.80. The molecule has 1 unspecified atom stereocenters. The van der Waals surface area contributed by atoms with Gasteiger partial charge in [-0.05, 0) is 53.4 Å². The SMILES string of the molecule is Clc1cc(CC2CCCN2)c(Br)cn1. The van der Waals surface area contributed by atoms with Gasteiger partial charge in [-0.2, -0.15) is 0 Å². The molecular weight excluding hydrogens is 263 g/mol. The predicted octanol–water partition coefficient (Wildman–Crippen LogP) is 2.79. The van der Waals surface area contributed by atoms with Crippen LogP contribution in [-0.4, -0.2) is 17.6 Å². The highest BCUT2D eigenvalue weighted by Crippen LogP contribution is 2.22. The molecule has 0 radical (unpaired) electrons. The third-order valence-electron chi connectivity index (χ3n) is 2.53. The second-order valence-electron chi connectivity index (χ2n) is 3.60. The predicted molar refractivity (Wildman–Crippen MR) is 61.7 cm³/mol. The Morgan fingerprint density at radius 1 is 1.64 bits per heavy atom. The Morgan fingerprint density at radius 2 is 2.50 bits per heavy atom. The second kappa shape index (κ2) is 4.60. The average Bonchev–Trinajstić information content (AvgIpc) is 2.64. The van der Waals surface area contributed by atoms with Crippen molar-refractivity contribution >= 4 is 27.5 Å². The van der Waals surface area contributed by atoms with Crippen LogP contribution >= 0.6 is 27.5 Å². The number of halogens is 2. The normalized spacial score (nSPS) is 21.4. The number of rotatable bonds is 2. The van der Waals surface area contributed by atoms with Crippen LogP contribution < -0.4 is 5.32 Å². The summed E-state index contributed by atoms with van der Waals surface area (Å²) >= 11 is 9.34. The molecule has 14 heavy (non-hydrogen) atoms. The first kappa shape index (κ1) is 10.4. The van der Waals surface area contributed by atoms with Crippen LogP contribution in [-0.2, 0) is 6.42 Å². The van der Waals surface area contributed by atoms with E-state index in [0.717, 1.165) is 17.4 Å². The van der Waals surface area contributed by atoms with Gasteiger partial charge in [-0.1, -0.05) is 11.6 Å². The zero-order chi connectivity index (χ0) is 9.97. The highest BCUT2D eigenvalue weighted by Gasteiger charge is 2.15. The van der Waals surface area contributed by atoms with Gasteiger partial charge >= 0.3 is 0 Å². The van der Waals surface area contributed by atoms with E-state index in [9.17, 15) is 0 Å². The van der Waals surface area contributed by atoms with Crippen molar-refractivity contribution in [3.05, 3.63) is 27.5 Å². The first-order chi connectivity index (χ1) is 6.75. The van der Waals surface area contributed by atoms with Gasteiger partial charge in [0.05, 0.1) is 0 Å². The standard InChI is InChI=1S/C10H12BrClN2/c11-9-6-14-10(12)5-7(9)4-8-2-1-3-13-8/h5-6,8,13H,1-4H2. The summed E-state index contributed by atoms with van der Waals surface area (Å²) in [5.74, 6) is 0. The Morgan fingerprint density at radius 3 is 3.21 bits per heavy atom. The molecule has 0 saturated carbocycles. The Labute approximate surface area is 97.2 Å². The highest BCUT2D eigenvalue weighted by atomic mass is 79.9. The minimum atomic E-state index is 0.571. The van der Waals surface area contributed by atoms with E-state index >= 15 is 0 Å². The number of nitrogens with one attached hydrogen (secondary N) is 1. The van der Waals surface area contributed by atoms with Crippen LogP contribution in [0.25, 0.3) is 0 Å². The molecule has 1 aliphatic rings. The average molecular weight is 276 g/mol. The van der Waals surface area contributed by atoms with Gasteiger partial charge in [-0.3, -0.25) is 0 Å². The lowest BCUT2D eigenvalue weighted by molar-refractivity contribution is 0.601. The van der Waals surface area contributed by atoms with Gasteiger partial charge < -0.3 is 5.32 Å². The molecule has 0 amide bonds. The minimum absolute atomic E-state index is 0.571. The first-order valence-corrected chi connectivity index (χ1v) is 5.96. The number of hydrogen-bond acceptors (Lipinski definition) is 2. The molecular formula is C10H12BrClN2. The largest absolute Gasteiger partial charge is 0.314 e. The molecule has 2 rings (SSSR count). The molecule has 2 heterocycles. The Balaban J connectivity index is 2.10. The van der Waals surface area contributed by atoms with E-state index in [1.54, 1.807) is 6.20 Å². The van der Waals surface area contributed by atoms with Gasteiger partial charge in [0.15, 0.2) is 0 Å². The second-order valence-corrected chi connectivity index (χ2v) is 4.84. The van der Waals surface area contributed by atoms with Gasteiger partial charge in [0.2, 0.25) is 0 Å². The summed E-state index contributed by atoms with van der Waals surface area (Å²) in [5.41, 5.74) is 1.24. The molecule has 1 aromatic rings. The lowest BCUT2D eigenvalue weighted by atomic mass is 10.1. The molecule has 0 bridgehead atoms. The molecule has 1 aliphatic heterocycles. The molecule has 0 aromatic carbocycles. The highest BCUT2D eigenvalue weighted by molar-refractivity contribution is 9.10.